The zero-order valence-electron chi connectivity index (χ0n) is 23.8. The highest BCUT2D eigenvalue weighted by molar-refractivity contribution is 5.77. The molecule has 5 aliphatic rings. The zero-order chi connectivity index (χ0) is 27.2. The number of nitrogens with one attached hydrogen (secondary N) is 2. The van der Waals surface area contributed by atoms with Crippen LogP contribution in [0, 0.1) is 39.9 Å². The monoisotopic (exact) mass is 529 g/mol. The molecule has 5 fully saturated rings. The van der Waals surface area contributed by atoms with Gasteiger partial charge in [0.1, 0.15) is 0 Å². The van der Waals surface area contributed by atoms with Gasteiger partial charge in [-0.25, -0.2) is 5.43 Å². The molecule has 8 heteroatoms. The maximum absolute atomic E-state index is 12.4. The zero-order valence-corrected chi connectivity index (χ0v) is 23.8. The molecule has 38 heavy (non-hydrogen) atoms. The van der Waals surface area contributed by atoms with Crippen molar-refractivity contribution >= 4 is 12.2 Å². The number of hydrogen-bond donors (Lipinski definition) is 5. The molecule has 6 N–H and O–H groups in total. The third-order valence-electron chi connectivity index (χ3n) is 12.0. The summed E-state index contributed by atoms with van der Waals surface area (Å²) in [5.41, 5.74) is 7.09. The Labute approximate surface area is 229 Å². The second kappa shape index (κ2) is 10.5. The van der Waals surface area contributed by atoms with E-state index in [0.717, 1.165) is 64.5 Å². The van der Waals surface area contributed by atoms with Crippen molar-refractivity contribution in [1.82, 2.24) is 10.3 Å². The van der Waals surface area contributed by atoms with Gasteiger partial charge in [-0.1, -0.05) is 19.9 Å². The maximum Gasteiger partial charge on any atom is 0.206 e. The first kappa shape index (κ1) is 28.1. The maximum atomic E-state index is 12.4. The number of likely N-dealkylation sites (tertiary alicyclic amines) is 1. The number of ether oxygens (including phenoxy) is 1. The smallest absolute Gasteiger partial charge is 0.206 e. The molecule has 1 heterocycles. The number of fused-ring (bicyclic) bond motifs is 5. The van der Waals surface area contributed by atoms with Crippen LogP contribution in [0.15, 0.2) is 17.3 Å². The lowest BCUT2D eigenvalue weighted by atomic mass is 9.43. The van der Waals surface area contributed by atoms with Crippen molar-refractivity contribution in [2.24, 2.45) is 45.3 Å². The topological polar surface area (TPSA) is 127 Å². The molecule has 214 valence electrons. The average Bonchev–Trinajstić information content (AvgIpc) is 3.50. The minimum Gasteiger partial charge on any atom is -0.389 e. The molecular weight excluding hydrogens is 478 g/mol. The van der Waals surface area contributed by atoms with Gasteiger partial charge in [-0.15, -0.1) is 0 Å². The van der Waals surface area contributed by atoms with Gasteiger partial charge >= 0.3 is 0 Å². The predicted octanol–water partition coefficient (Wildman–Crippen LogP) is 3.97. The summed E-state index contributed by atoms with van der Waals surface area (Å²) in [5, 5.41) is 35.0. The Hall–Kier alpha value is -1.48. The fourth-order valence-electron chi connectivity index (χ4n) is 9.56. The van der Waals surface area contributed by atoms with E-state index >= 15 is 0 Å². The van der Waals surface area contributed by atoms with E-state index in [1.165, 1.54) is 12.8 Å². The van der Waals surface area contributed by atoms with Crippen LogP contribution >= 0.6 is 0 Å². The van der Waals surface area contributed by atoms with Crippen LogP contribution in [-0.4, -0.2) is 64.4 Å². The van der Waals surface area contributed by atoms with Crippen molar-refractivity contribution in [1.29, 1.82) is 5.41 Å². The highest BCUT2D eigenvalue weighted by Crippen LogP contribution is 2.69. The van der Waals surface area contributed by atoms with Gasteiger partial charge in [0.05, 0.1) is 12.2 Å². The fourth-order valence-corrected chi connectivity index (χ4v) is 9.56. The predicted molar refractivity (Wildman–Crippen MR) is 151 cm³/mol. The molecule has 8 nitrogen and oxygen atoms in total. The number of nitrogens with two attached hydrogens (primary N) is 1. The molecular formula is C30H51N5O3. The van der Waals surface area contributed by atoms with Crippen LogP contribution in [0.1, 0.15) is 91.4 Å². The normalized spacial score (nSPS) is 46.1. The van der Waals surface area contributed by atoms with E-state index in [2.05, 4.69) is 42.3 Å². The number of hydrazone groups is 1. The van der Waals surface area contributed by atoms with Crippen LogP contribution in [0.2, 0.25) is 0 Å². The molecule has 1 aliphatic heterocycles. The summed E-state index contributed by atoms with van der Waals surface area (Å²) in [6, 6.07) is 0.358. The van der Waals surface area contributed by atoms with E-state index in [4.69, 9.17) is 15.9 Å². The molecule has 5 rings (SSSR count). The van der Waals surface area contributed by atoms with Crippen LogP contribution in [0.4, 0.5) is 0 Å². The SMILES string of the molecule is CC(COC1(O)CC[C@@]2(C)C(CC[C@@H]3[C@H]2CC[C@]2(C)C(C=C/C=N\NC(=N)N)CC[C@@]32O)C1)N1CCCC1. The minimum atomic E-state index is -1.01. The lowest BCUT2D eigenvalue weighted by Gasteiger charge is -2.64. The van der Waals surface area contributed by atoms with Crippen molar-refractivity contribution in [3.05, 3.63) is 12.2 Å². The van der Waals surface area contributed by atoms with E-state index in [-0.39, 0.29) is 16.8 Å². The van der Waals surface area contributed by atoms with Crippen molar-refractivity contribution in [3.8, 4) is 0 Å². The Kier molecular flexibility index (Phi) is 7.75. The standard InChI is InChI=1S/C30H51N5O3/c1-21(35-17-4-5-18-35)20-38-29(36)15-14-27(2)23(19-29)8-9-25-24(27)11-12-28(3)22(10-13-30(25,28)37)7-6-16-33-34-26(31)32/h6-7,16,21-25,36-37H,4-5,8-15,17-20H2,1-3H3,(H4,31,32,34)/b7-6?,33-16-/t21?,22?,23?,24-,25-,27+,28-,29?,30-/m1/s1. The first-order valence-electron chi connectivity index (χ1n) is 15.1. The second-order valence-corrected chi connectivity index (χ2v) is 13.8. The van der Waals surface area contributed by atoms with Gasteiger partial charge in [0.15, 0.2) is 5.79 Å². The quantitative estimate of drug-likeness (QED) is 0.147. The van der Waals surface area contributed by atoms with Gasteiger partial charge < -0.3 is 20.7 Å². The van der Waals surface area contributed by atoms with Crippen LogP contribution in [0.3, 0.4) is 0 Å². The van der Waals surface area contributed by atoms with Crippen LogP contribution in [0.5, 0.6) is 0 Å². The first-order valence-corrected chi connectivity index (χ1v) is 15.1. The molecule has 0 aromatic carbocycles. The van der Waals surface area contributed by atoms with Gasteiger partial charge in [0.25, 0.3) is 0 Å². The van der Waals surface area contributed by atoms with E-state index in [1.807, 2.05) is 6.08 Å². The Balaban J connectivity index is 1.24. The number of allylic oxidation sites excluding steroid dienone is 2. The van der Waals surface area contributed by atoms with E-state index < -0.39 is 11.4 Å². The molecule has 4 aliphatic carbocycles. The molecule has 1 saturated heterocycles. The minimum absolute atomic E-state index is 0.139. The van der Waals surface area contributed by atoms with Crippen molar-refractivity contribution in [3.63, 3.8) is 0 Å². The van der Waals surface area contributed by atoms with Crippen LogP contribution in [0.25, 0.3) is 0 Å². The largest absolute Gasteiger partial charge is 0.389 e. The van der Waals surface area contributed by atoms with Crippen molar-refractivity contribution in [2.45, 2.75) is 109 Å². The van der Waals surface area contributed by atoms with Gasteiger partial charge in [-0.05, 0) is 113 Å². The Bertz CT molecular complexity index is 937. The highest BCUT2D eigenvalue weighted by Gasteiger charge is 2.67. The van der Waals surface area contributed by atoms with E-state index in [9.17, 15) is 10.2 Å². The molecule has 0 aromatic heterocycles. The molecule has 0 radical (unpaired) electrons. The molecule has 0 aromatic rings. The molecule has 0 spiro atoms. The highest BCUT2D eigenvalue weighted by atomic mass is 16.6. The first-order chi connectivity index (χ1) is 18.0. The second-order valence-electron chi connectivity index (χ2n) is 13.8. The third-order valence-corrected chi connectivity index (χ3v) is 12.0. The summed E-state index contributed by atoms with van der Waals surface area (Å²) in [6.07, 6.45) is 16.8. The summed E-state index contributed by atoms with van der Waals surface area (Å²) in [5.74, 6) is 0.383. The van der Waals surface area contributed by atoms with Crippen molar-refractivity contribution < 1.29 is 14.9 Å². The van der Waals surface area contributed by atoms with Gasteiger partial charge in [0, 0.05) is 30.5 Å². The van der Waals surface area contributed by atoms with Crippen molar-refractivity contribution in [2.75, 3.05) is 19.7 Å². The van der Waals surface area contributed by atoms with Crippen LogP contribution < -0.4 is 11.2 Å². The molecule has 9 atom stereocenters. The summed E-state index contributed by atoms with van der Waals surface area (Å²) in [4.78, 5) is 2.49. The average molecular weight is 530 g/mol. The van der Waals surface area contributed by atoms with Gasteiger partial charge in [0.2, 0.25) is 5.96 Å². The molecule has 4 unspecified atom stereocenters. The molecule has 4 saturated carbocycles. The molecule has 0 amide bonds. The number of hydrogen-bond acceptors (Lipinski definition) is 6. The Morgan fingerprint density at radius 3 is 2.61 bits per heavy atom. The number of nitrogens with zero attached hydrogens (tertiary/aromatic N) is 2. The summed E-state index contributed by atoms with van der Waals surface area (Å²) >= 11 is 0. The Morgan fingerprint density at radius 2 is 1.87 bits per heavy atom. The Morgan fingerprint density at radius 1 is 1.11 bits per heavy atom. The lowest BCUT2D eigenvalue weighted by Crippen LogP contribution is -2.63. The summed E-state index contributed by atoms with van der Waals surface area (Å²) in [6.45, 7) is 9.89. The van der Waals surface area contributed by atoms with Gasteiger partial charge in [-0.2, -0.15) is 5.10 Å². The van der Waals surface area contributed by atoms with Crippen LogP contribution in [-0.2, 0) is 4.74 Å². The summed E-state index contributed by atoms with van der Waals surface area (Å²) in [7, 11) is 0. The molecule has 0 bridgehead atoms. The lowest BCUT2D eigenvalue weighted by molar-refractivity contribution is -0.272. The van der Waals surface area contributed by atoms with E-state index in [1.54, 1.807) is 6.21 Å². The van der Waals surface area contributed by atoms with E-state index in [0.29, 0.717) is 42.7 Å². The van der Waals surface area contributed by atoms with Gasteiger partial charge in [-0.3, -0.25) is 10.3 Å². The third kappa shape index (κ3) is 4.84. The number of guanidine groups is 1. The fraction of sp³-hybridized carbons (Fsp3) is 0.867. The number of aliphatic hydroxyl groups is 2. The number of rotatable bonds is 7. The summed E-state index contributed by atoms with van der Waals surface area (Å²) < 4.78 is 6.28.